The molecule has 1 N–H and O–H groups in total. The fraction of sp³-hybridized carbons (Fsp3) is 0.375. The summed E-state index contributed by atoms with van der Waals surface area (Å²) in [6.07, 6.45) is 5.46. The van der Waals surface area contributed by atoms with Crippen molar-refractivity contribution in [2.24, 2.45) is 0 Å². The monoisotopic (exact) mass is 453 g/mol. The van der Waals surface area contributed by atoms with Gasteiger partial charge in [-0.05, 0) is 66.5 Å². The van der Waals surface area contributed by atoms with Crippen molar-refractivity contribution in [2.45, 2.75) is 64.5 Å². The van der Waals surface area contributed by atoms with Crippen LogP contribution in [0.25, 0.3) is 5.57 Å². The molecule has 2 unspecified atom stereocenters. The Morgan fingerprint density at radius 2 is 1.44 bits per heavy atom. The van der Waals surface area contributed by atoms with Crippen molar-refractivity contribution in [1.29, 1.82) is 0 Å². The van der Waals surface area contributed by atoms with E-state index < -0.39 is 0 Å². The first kappa shape index (κ1) is 24.4. The molecular formula is C32H39NO. The van der Waals surface area contributed by atoms with Gasteiger partial charge in [0, 0.05) is 24.1 Å². The Morgan fingerprint density at radius 3 is 2.06 bits per heavy atom. The Morgan fingerprint density at radius 1 is 0.794 bits per heavy atom. The molecular weight excluding hydrogens is 414 g/mol. The molecule has 0 radical (unpaired) electrons. The summed E-state index contributed by atoms with van der Waals surface area (Å²) >= 11 is 0. The van der Waals surface area contributed by atoms with E-state index in [2.05, 4.69) is 118 Å². The second-order valence-corrected chi connectivity index (χ2v) is 10.1. The van der Waals surface area contributed by atoms with E-state index in [9.17, 15) is 0 Å². The molecule has 3 aromatic carbocycles. The first-order valence-electron chi connectivity index (χ1n) is 12.8. The van der Waals surface area contributed by atoms with Gasteiger partial charge in [0.25, 0.3) is 0 Å². The highest BCUT2D eigenvalue weighted by atomic mass is 16.5. The average molecular weight is 454 g/mol. The molecule has 2 nitrogen and oxygen atoms in total. The maximum atomic E-state index is 6.17. The second kappa shape index (κ2) is 11.2. The molecule has 0 bridgehead atoms. The molecule has 3 aromatic rings. The number of hydrogen-bond acceptors (Lipinski definition) is 2. The van der Waals surface area contributed by atoms with Crippen LogP contribution in [0.15, 0.2) is 84.9 Å². The molecule has 0 fully saturated rings. The number of nitrogens with one attached hydrogen (secondary N) is 1. The number of fused-ring (bicyclic) bond motifs is 1. The third-order valence-electron chi connectivity index (χ3n) is 6.79. The van der Waals surface area contributed by atoms with Crippen LogP contribution >= 0.6 is 0 Å². The third-order valence-corrected chi connectivity index (χ3v) is 6.79. The summed E-state index contributed by atoms with van der Waals surface area (Å²) in [5.74, 6) is 0. The minimum atomic E-state index is -0.122. The lowest BCUT2D eigenvalue weighted by molar-refractivity contribution is 0.102. The van der Waals surface area contributed by atoms with Crippen molar-refractivity contribution in [2.75, 3.05) is 13.2 Å². The summed E-state index contributed by atoms with van der Waals surface area (Å²) in [6, 6.07) is 29.5. The standard InChI is InChI=1S/C32H39NO/c1-5-34-23-32(21-25(4)33-24(2)3)22-29(20-27-15-10-7-11-16-27)31-28(17-12-18-30(31)32)19-26-13-8-6-9-14-26/h6-18,22,24-25,33H,5,19-21,23H2,1-4H3. The molecule has 0 saturated carbocycles. The Balaban J connectivity index is 1.80. The van der Waals surface area contributed by atoms with Crippen LogP contribution in [0.1, 0.15) is 61.9 Å². The van der Waals surface area contributed by atoms with Crippen LogP contribution in [-0.4, -0.2) is 25.3 Å². The minimum absolute atomic E-state index is 0.122. The fourth-order valence-electron chi connectivity index (χ4n) is 5.60. The minimum Gasteiger partial charge on any atom is -0.380 e. The van der Waals surface area contributed by atoms with Gasteiger partial charge in [0.15, 0.2) is 0 Å². The highest BCUT2D eigenvalue weighted by Gasteiger charge is 2.40. The van der Waals surface area contributed by atoms with E-state index in [1.165, 1.54) is 33.4 Å². The number of hydrogen-bond donors (Lipinski definition) is 1. The lowest BCUT2D eigenvalue weighted by atomic mass is 9.77. The first-order valence-corrected chi connectivity index (χ1v) is 12.8. The van der Waals surface area contributed by atoms with Crippen molar-refractivity contribution in [3.05, 3.63) is 113 Å². The number of benzene rings is 3. The molecule has 0 amide bonds. The number of rotatable bonds is 11. The third kappa shape index (κ3) is 5.68. The highest BCUT2D eigenvalue weighted by Crippen LogP contribution is 2.47. The smallest absolute Gasteiger partial charge is 0.0598 e. The number of allylic oxidation sites excluding steroid dienone is 1. The van der Waals surface area contributed by atoms with Crippen LogP contribution in [0.4, 0.5) is 0 Å². The molecule has 0 aromatic heterocycles. The Labute approximate surface area is 206 Å². The quantitative estimate of drug-likeness (QED) is 0.338. The molecule has 1 aliphatic carbocycles. The summed E-state index contributed by atoms with van der Waals surface area (Å²) in [5, 5.41) is 3.74. The van der Waals surface area contributed by atoms with Gasteiger partial charge in [0.05, 0.1) is 6.61 Å². The van der Waals surface area contributed by atoms with Gasteiger partial charge in [-0.2, -0.15) is 0 Å². The zero-order chi connectivity index (χ0) is 24.0. The van der Waals surface area contributed by atoms with E-state index in [1.54, 1.807) is 0 Å². The van der Waals surface area contributed by atoms with Gasteiger partial charge in [-0.25, -0.2) is 0 Å². The predicted molar refractivity (Wildman–Crippen MR) is 144 cm³/mol. The van der Waals surface area contributed by atoms with Gasteiger partial charge < -0.3 is 10.1 Å². The van der Waals surface area contributed by atoms with E-state index in [0.29, 0.717) is 18.7 Å². The largest absolute Gasteiger partial charge is 0.380 e. The van der Waals surface area contributed by atoms with Crippen molar-refractivity contribution < 1.29 is 4.74 Å². The molecule has 178 valence electrons. The van der Waals surface area contributed by atoms with Crippen LogP contribution in [0.2, 0.25) is 0 Å². The van der Waals surface area contributed by atoms with Crippen molar-refractivity contribution >= 4 is 5.57 Å². The Kier molecular flexibility index (Phi) is 8.03. The van der Waals surface area contributed by atoms with Crippen molar-refractivity contribution in [3.8, 4) is 0 Å². The summed E-state index contributed by atoms with van der Waals surface area (Å²) in [5.41, 5.74) is 8.30. The maximum absolute atomic E-state index is 6.17. The van der Waals surface area contributed by atoms with E-state index in [1.807, 2.05) is 0 Å². The van der Waals surface area contributed by atoms with Gasteiger partial charge in [-0.1, -0.05) is 98.8 Å². The predicted octanol–water partition coefficient (Wildman–Crippen LogP) is 6.97. The maximum Gasteiger partial charge on any atom is 0.0598 e. The van der Waals surface area contributed by atoms with E-state index in [4.69, 9.17) is 4.74 Å². The second-order valence-electron chi connectivity index (χ2n) is 10.1. The van der Waals surface area contributed by atoms with Crippen LogP contribution in [0, 0.1) is 0 Å². The van der Waals surface area contributed by atoms with Gasteiger partial charge in [0.2, 0.25) is 0 Å². The molecule has 1 aliphatic rings. The average Bonchev–Trinajstić information content (AvgIpc) is 3.12. The fourth-order valence-corrected chi connectivity index (χ4v) is 5.60. The van der Waals surface area contributed by atoms with Gasteiger partial charge >= 0.3 is 0 Å². The molecule has 4 rings (SSSR count). The zero-order valence-corrected chi connectivity index (χ0v) is 21.2. The lowest BCUT2D eigenvalue weighted by Crippen LogP contribution is -2.40. The summed E-state index contributed by atoms with van der Waals surface area (Å²) < 4.78 is 6.17. The SMILES string of the molecule is CCOCC1(CC(C)NC(C)C)C=C(Cc2ccccc2)c2c(Cc3ccccc3)cccc21. The van der Waals surface area contributed by atoms with Crippen molar-refractivity contribution in [1.82, 2.24) is 5.32 Å². The van der Waals surface area contributed by atoms with Gasteiger partial charge in [-0.3, -0.25) is 0 Å². The molecule has 0 heterocycles. The molecule has 0 aliphatic heterocycles. The normalized spacial score (nSPS) is 18.1. The summed E-state index contributed by atoms with van der Waals surface area (Å²) in [4.78, 5) is 0. The van der Waals surface area contributed by atoms with Crippen LogP contribution in [0.5, 0.6) is 0 Å². The topological polar surface area (TPSA) is 21.3 Å². The van der Waals surface area contributed by atoms with E-state index in [-0.39, 0.29) is 5.41 Å². The van der Waals surface area contributed by atoms with E-state index >= 15 is 0 Å². The van der Waals surface area contributed by atoms with Gasteiger partial charge in [0.1, 0.15) is 0 Å². The van der Waals surface area contributed by atoms with Crippen LogP contribution < -0.4 is 5.32 Å². The molecule has 34 heavy (non-hydrogen) atoms. The first-order chi connectivity index (χ1) is 16.5. The van der Waals surface area contributed by atoms with Crippen LogP contribution in [0.3, 0.4) is 0 Å². The van der Waals surface area contributed by atoms with Crippen molar-refractivity contribution in [3.63, 3.8) is 0 Å². The highest BCUT2D eigenvalue weighted by molar-refractivity contribution is 5.80. The zero-order valence-electron chi connectivity index (χ0n) is 21.2. The molecule has 0 saturated heterocycles. The summed E-state index contributed by atoms with van der Waals surface area (Å²) in [6.45, 7) is 10.3. The molecule has 2 heteroatoms. The lowest BCUT2D eigenvalue weighted by Gasteiger charge is -2.33. The van der Waals surface area contributed by atoms with Crippen LogP contribution in [-0.2, 0) is 23.0 Å². The summed E-state index contributed by atoms with van der Waals surface area (Å²) in [7, 11) is 0. The van der Waals surface area contributed by atoms with Gasteiger partial charge in [-0.15, -0.1) is 0 Å². The molecule has 0 spiro atoms. The number of ether oxygens (including phenoxy) is 1. The van der Waals surface area contributed by atoms with E-state index in [0.717, 1.165) is 25.9 Å². The molecule has 2 atom stereocenters. The Hall–Kier alpha value is -2.68. The Bertz CT molecular complexity index is 1090.